The fraction of sp³-hybridized carbons (Fsp3) is 0.733. The van der Waals surface area contributed by atoms with Gasteiger partial charge < -0.3 is 10.0 Å². The first-order valence-electron chi connectivity index (χ1n) is 7.55. The molecule has 1 aromatic heterocycles. The molecule has 1 aromatic rings. The molecule has 5 heteroatoms. The minimum Gasteiger partial charge on any atom is -0.477 e. The highest BCUT2D eigenvalue weighted by molar-refractivity contribution is 7.17. The van der Waals surface area contributed by atoms with Crippen molar-refractivity contribution in [3.05, 3.63) is 10.6 Å². The number of carboxylic acid groups (broad SMARTS) is 1. The van der Waals surface area contributed by atoms with Gasteiger partial charge in [-0.2, -0.15) is 0 Å². The highest BCUT2D eigenvalue weighted by Gasteiger charge is 2.28. The Hall–Kier alpha value is -1.10. The molecule has 112 valence electrons. The number of hydrogen-bond acceptors (Lipinski definition) is 4. The van der Waals surface area contributed by atoms with Crippen LogP contribution in [0.15, 0.2) is 0 Å². The number of rotatable bonds is 6. The van der Waals surface area contributed by atoms with E-state index in [0.717, 1.165) is 36.3 Å². The van der Waals surface area contributed by atoms with Gasteiger partial charge in [-0.05, 0) is 31.1 Å². The van der Waals surface area contributed by atoms with Crippen molar-refractivity contribution in [2.45, 2.75) is 52.4 Å². The molecule has 1 aliphatic heterocycles. The molecular weight excluding hydrogens is 272 g/mol. The Morgan fingerprint density at radius 1 is 1.55 bits per heavy atom. The van der Waals surface area contributed by atoms with Crippen LogP contribution in [-0.4, -0.2) is 29.1 Å². The molecule has 0 spiro atoms. The molecule has 0 radical (unpaired) electrons. The minimum absolute atomic E-state index is 0.208. The quantitative estimate of drug-likeness (QED) is 0.862. The number of carbonyl (C=O) groups is 1. The number of carboxylic acids is 1. The van der Waals surface area contributed by atoms with Crippen molar-refractivity contribution in [3.8, 4) is 0 Å². The Balaban J connectivity index is 2.19. The fourth-order valence-electron chi connectivity index (χ4n) is 2.79. The predicted octanol–water partition coefficient (Wildman–Crippen LogP) is 3.98. The van der Waals surface area contributed by atoms with Crippen LogP contribution in [-0.2, 0) is 0 Å². The van der Waals surface area contributed by atoms with Gasteiger partial charge in [0.2, 0.25) is 0 Å². The molecule has 20 heavy (non-hydrogen) atoms. The van der Waals surface area contributed by atoms with E-state index < -0.39 is 5.97 Å². The van der Waals surface area contributed by atoms with Crippen molar-refractivity contribution in [2.24, 2.45) is 5.92 Å². The molecule has 0 saturated carbocycles. The standard InChI is InChI=1S/C15H24N2O2S/c1-4-6-11-7-8-17(9-11)15-16-12(10(3)5-2)13(20-15)14(18)19/h10-11H,4-9H2,1-3H3,(H,18,19). The molecule has 0 amide bonds. The number of hydrogen-bond donors (Lipinski definition) is 1. The molecule has 2 atom stereocenters. The third-order valence-corrected chi connectivity index (χ3v) is 5.29. The van der Waals surface area contributed by atoms with E-state index in [1.54, 1.807) is 0 Å². The van der Waals surface area contributed by atoms with Gasteiger partial charge in [0.15, 0.2) is 5.13 Å². The molecule has 2 heterocycles. The average molecular weight is 296 g/mol. The third-order valence-electron chi connectivity index (χ3n) is 4.17. The predicted molar refractivity (Wildman–Crippen MR) is 83.0 cm³/mol. The summed E-state index contributed by atoms with van der Waals surface area (Å²) in [7, 11) is 0. The van der Waals surface area contributed by atoms with Crippen LogP contribution in [0.1, 0.15) is 67.7 Å². The summed E-state index contributed by atoms with van der Waals surface area (Å²) in [6, 6.07) is 0. The second-order valence-corrected chi connectivity index (χ2v) is 6.69. The maximum absolute atomic E-state index is 11.4. The van der Waals surface area contributed by atoms with Crippen LogP contribution in [0.5, 0.6) is 0 Å². The van der Waals surface area contributed by atoms with Crippen LogP contribution in [0.2, 0.25) is 0 Å². The van der Waals surface area contributed by atoms with Crippen LogP contribution >= 0.6 is 11.3 Å². The number of anilines is 1. The van der Waals surface area contributed by atoms with Crippen molar-refractivity contribution in [1.82, 2.24) is 4.98 Å². The van der Waals surface area contributed by atoms with E-state index >= 15 is 0 Å². The average Bonchev–Trinajstić information content (AvgIpc) is 3.04. The van der Waals surface area contributed by atoms with E-state index in [-0.39, 0.29) is 5.92 Å². The SMILES string of the molecule is CCCC1CCN(c2nc(C(C)CC)c(C(=O)O)s2)C1. The number of nitrogens with zero attached hydrogens (tertiary/aromatic N) is 2. The zero-order chi connectivity index (χ0) is 14.7. The van der Waals surface area contributed by atoms with Gasteiger partial charge in [-0.25, -0.2) is 9.78 Å². The molecule has 0 aliphatic carbocycles. The molecule has 0 bridgehead atoms. The summed E-state index contributed by atoms with van der Waals surface area (Å²) >= 11 is 1.34. The summed E-state index contributed by atoms with van der Waals surface area (Å²) in [5.41, 5.74) is 0.763. The minimum atomic E-state index is -0.839. The Labute approximate surface area is 124 Å². The first kappa shape index (κ1) is 15.3. The molecule has 0 aromatic carbocycles. The van der Waals surface area contributed by atoms with Gasteiger partial charge in [-0.3, -0.25) is 0 Å². The van der Waals surface area contributed by atoms with Crippen molar-refractivity contribution in [1.29, 1.82) is 0 Å². The molecule has 2 unspecified atom stereocenters. The fourth-order valence-corrected chi connectivity index (χ4v) is 3.85. The topological polar surface area (TPSA) is 53.4 Å². The van der Waals surface area contributed by atoms with Crippen molar-refractivity contribution in [2.75, 3.05) is 18.0 Å². The molecule has 2 rings (SSSR count). The zero-order valence-corrected chi connectivity index (χ0v) is 13.4. The van der Waals surface area contributed by atoms with Crippen LogP contribution in [0.3, 0.4) is 0 Å². The normalized spacial score (nSPS) is 20.4. The van der Waals surface area contributed by atoms with E-state index in [2.05, 4.69) is 30.7 Å². The van der Waals surface area contributed by atoms with E-state index in [4.69, 9.17) is 0 Å². The molecule has 1 N–H and O–H groups in total. The van der Waals surface area contributed by atoms with Crippen LogP contribution in [0.25, 0.3) is 0 Å². The first-order valence-corrected chi connectivity index (χ1v) is 8.37. The lowest BCUT2D eigenvalue weighted by atomic mass is 10.0. The maximum Gasteiger partial charge on any atom is 0.347 e. The van der Waals surface area contributed by atoms with Gasteiger partial charge in [-0.1, -0.05) is 38.5 Å². The lowest BCUT2D eigenvalue weighted by Gasteiger charge is -2.14. The highest BCUT2D eigenvalue weighted by atomic mass is 32.1. The first-order chi connectivity index (χ1) is 9.56. The Bertz CT molecular complexity index is 472. The summed E-state index contributed by atoms with van der Waals surface area (Å²) < 4.78 is 0. The summed E-state index contributed by atoms with van der Waals surface area (Å²) in [6.07, 6.45) is 4.59. The van der Waals surface area contributed by atoms with Crippen molar-refractivity contribution >= 4 is 22.4 Å². The number of aromatic nitrogens is 1. The summed E-state index contributed by atoms with van der Waals surface area (Å²) in [5.74, 6) is 0.109. The maximum atomic E-state index is 11.4. The van der Waals surface area contributed by atoms with Gasteiger partial charge in [0, 0.05) is 13.1 Å². The van der Waals surface area contributed by atoms with Crippen LogP contribution in [0, 0.1) is 5.92 Å². The summed E-state index contributed by atoms with van der Waals surface area (Å²) in [4.78, 5) is 18.7. The summed E-state index contributed by atoms with van der Waals surface area (Å²) in [6.45, 7) is 8.38. The van der Waals surface area contributed by atoms with Gasteiger partial charge in [0.05, 0.1) is 5.69 Å². The highest BCUT2D eigenvalue weighted by Crippen LogP contribution is 2.35. The van der Waals surface area contributed by atoms with Gasteiger partial charge >= 0.3 is 5.97 Å². The lowest BCUT2D eigenvalue weighted by molar-refractivity contribution is 0.0700. The van der Waals surface area contributed by atoms with Gasteiger partial charge in [0.25, 0.3) is 0 Å². The largest absolute Gasteiger partial charge is 0.477 e. The van der Waals surface area contributed by atoms with E-state index in [1.165, 1.54) is 30.6 Å². The number of aromatic carboxylic acids is 1. The Morgan fingerprint density at radius 3 is 2.90 bits per heavy atom. The monoisotopic (exact) mass is 296 g/mol. The summed E-state index contributed by atoms with van der Waals surface area (Å²) in [5, 5.41) is 10.3. The van der Waals surface area contributed by atoms with Crippen LogP contribution in [0.4, 0.5) is 5.13 Å². The van der Waals surface area contributed by atoms with E-state index in [1.807, 2.05) is 0 Å². The molecular formula is C15H24N2O2S. The molecule has 1 saturated heterocycles. The van der Waals surface area contributed by atoms with Crippen molar-refractivity contribution in [3.63, 3.8) is 0 Å². The molecule has 1 aliphatic rings. The van der Waals surface area contributed by atoms with Crippen LogP contribution < -0.4 is 4.90 Å². The smallest absolute Gasteiger partial charge is 0.347 e. The van der Waals surface area contributed by atoms with Gasteiger partial charge in [-0.15, -0.1) is 0 Å². The second kappa shape index (κ2) is 6.57. The Kier molecular flexibility index (Phi) is 5.02. The lowest BCUT2D eigenvalue weighted by Crippen LogP contribution is -2.19. The molecule has 4 nitrogen and oxygen atoms in total. The zero-order valence-electron chi connectivity index (χ0n) is 12.6. The number of thiazole rings is 1. The second-order valence-electron chi connectivity index (χ2n) is 5.71. The van der Waals surface area contributed by atoms with Crippen molar-refractivity contribution < 1.29 is 9.90 Å². The van der Waals surface area contributed by atoms with Gasteiger partial charge in [0.1, 0.15) is 4.88 Å². The third kappa shape index (κ3) is 3.14. The molecule has 1 fully saturated rings. The van der Waals surface area contributed by atoms with E-state index in [0.29, 0.717) is 4.88 Å². The Morgan fingerprint density at radius 2 is 2.30 bits per heavy atom. The van der Waals surface area contributed by atoms with E-state index in [9.17, 15) is 9.90 Å².